The number of hydrogen-bond donors (Lipinski definition) is 3. The quantitative estimate of drug-likeness (QED) is 0.175. The molecule has 1 unspecified atom stereocenters. The molecule has 1 fully saturated rings. The number of carbonyl (C=O) groups excluding carboxylic acids is 2. The van der Waals surface area contributed by atoms with Gasteiger partial charge in [-0.1, -0.05) is 10.3 Å². The number of β-lactam (4-membered cyclic amide) rings is 1. The first-order chi connectivity index (χ1) is 16.9. The summed E-state index contributed by atoms with van der Waals surface area (Å²) in [7, 11) is 1.25. The summed E-state index contributed by atoms with van der Waals surface area (Å²) >= 11 is 1.35. The number of aromatic nitrogens is 2. The topological polar surface area (TPSA) is 177 Å². The van der Waals surface area contributed by atoms with Crippen LogP contribution in [0.15, 0.2) is 62.1 Å². The average Bonchev–Trinajstić information content (AvgIpc) is 3.49. The van der Waals surface area contributed by atoms with E-state index >= 15 is 0 Å². The number of nitrogens with zero attached hydrogens (tertiary/aromatic N) is 4. The summed E-state index contributed by atoms with van der Waals surface area (Å²) in [5.41, 5.74) is 6.33. The maximum Gasteiger partial charge on any atom is 0.380 e. The number of rotatable bonds is 7. The Morgan fingerprint density at radius 1 is 1.46 bits per heavy atom. The highest BCUT2D eigenvalue weighted by Gasteiger charge is 2.55. The number of carboxylic acid groups (broad SMARTS) is 1. The van der Waals surface area contributed by atoms with Crippen LogP contribution in [0.5, 0.6) is 0 Å². The number of aliphatic carboxylic acids is 1. The monoisotopic (exact) mass is 499 g/mol. The second kappa shape index (κ2) is 8.79. The number of amides is 2. The molecule has 0 saturated carbocycles. The van der Waals surface area contributed by atoms with Crippen molar-refractivity contribution in [2.45, 2.75) is 18.0 Å². The van der Waals surface area contributed by atoms with Crippen LogP contribution < -0.4 is 15.6 Å². The molecule has 5 rings (SSSR count). The number of thioether (sulfide) groups is 1. The standard InChI is InChI=1S/C21H18N6O7S/c1-32-25-14(12-7-13(22)34-24-12)17(28)23-15-18(29)27-16(21(30)31)11(9-35-20(15)27)8-26-5-2-3-10-4-6-33-19(10)26/h2-7,15,20H,8-9H2,1H3,(H3-,22,23,24,28,30,31)/p+1/b25-14-/t15?,20-/m1/s1. The molecule has 1 saturated heterocycles. The van der Waals surface area contributed by atoms with Crippen molar-refractivity contribution in [1.29, 1.82) is 0 Å². The fourth-order valence-corrected chi connectivity index (χ4v) is 5.37. The van der Waals surface area contributed by atoms with Crippen LogP contribution in [0, 0.1) is 0 Å². The number of furan rings is 1. The Hall–Kier alpha value is -4.33. The highest BCUT2D eigenvalue weighted by Crippen LogP contribution is 2.40. The van der Waals surface area contributed by atoms with Crippen molar-refractivity contribution >= 4 is 52.2 Å². The van der Waals surface area contributed by atoms with E-state index in [9.17, 15) is 19.5 Å². The van der Waals surface area contributed by atoms with E-state index in [1.165, 1.54) is 29.8 Å². The van der Waals surface area contributed by atoms with Crippen molar-refractivity contribution in [3.8, 4) is 0 Å². The Morgan fingerprint density at radius 2 is 2.29 bits per heavy atom. The Balaban J connectivity index is 1.38. The fraction of sp³-hybridized carbons (Fsp3) is 0.238. The zero-order valence-corrected chi connectivity index (χ0v) is 19.0. The Kier molecular flexibility index (Phi) is 5.64. The molecule has 180 valence electrons. The molecule has 2 aliphatic rings. The Bertz CT molecular complexity index is 1410. The van der Waals surface area contributed by atoms with Crippen LogP contribution in [0.3, 0.4) is 0 Å². The minimum absolute atomic E-state index is 0.0271. The number of anilines is 1. The minimum Gasteiger partial charge on any atom is -0.477 e. The van der Waals surface area contributed by atoms with Gasteiger partial charge in [0.1, 0.15) is 29.9 Å². The summed E-state index contributed by atoms with van der Waals surface area (Å²) in [6.07, 6.45) is 3.34. The number of hydrogen-bond acceptors (Lipinski definition) is 10. The third kappa shape index (κ3) is 3.86. The number of oxime groups is 1. The van der Waals surface area contributed by atoms with Crippen molar-refractivity contribution in [1.82, 2.24) is 15.4 Å². The minimum atomic E-state index is -1.23. The van der Waals surface area contributed by atoms with E-state index in [1.54, 1.807) is 17.0 Å². The summed E-state index contributed by atoms with van der Waals surface area (Å²) in [5, 5.41) is 20.1. The zero-order valence-electron chi connectivity index (χ0n) is 18.2. The van der Waals surface area contributed by atoms with Gasteiger partial charge in [-0.2, -0.15) is 4.57 Å². The lowest BCUT2D eigenvalue weighted by atomic mass is 10.0. The molecule has 13 nitrogen and oxygen atoms in total. The van der Waals surface area contributed by atoms with Gasteiger partial charge < -0.3 is 29.9 Å². The number of nitrogens with two attached hydrogens (primary N) is 1. The summed E-state index contributed by atoms with van der Waals surface area (Å²) in [5.74, 6) is -2.22. The number of nitrogens with one attached hydrogen (secondary N) is 1. The highest BCUT2D eigenvalue weighted by atomic mass is 32.2. The van der Waals surface area contributed by atoms with Crippen molar-refractivity contribution in [2.24, 2.45) is 5.16 Å². The molecule has 3 aromatic heterocycles. The van der Waals surface area contributed by atoms with Gasteiger partial charge in [0.05, 0.1) is 11.6 Å². The molecule has 0 spiro atoms. The van der Waals surface area contributed by atoms with Crippen LogP contribution in [0.4, 0.5) is 5.88 Å². The van der Waals surface area contributed by atoms with Gasteiger partial charge in [-0.25, -0.2) is 4.79 Å². The lowest BCUT2D eigenvalue weighted by Crippen LogP contribution is -2.71. The second-order valence-corrected chi connectivity index (χ2v) is 8.78. The molecular weight excluding hydrogens is 480 g/mol. The average molecular weight is 499 g/mol. The van der Waals surface area contributed by atoms with Crippen molar-refractivity contribution < 1.29 is 37.8 Å². The second-order valence-electron chi connectivity index (χ2n) is 7.67. The smallest absolute Gasteiger partial charge is 0.380 e. The maximum absolute atomic E-state index is 13.0. The van der Waals surface area contributed by atoms with E-state index < -0.39 is 29.2 Å². The largest absolute Gasteiger partial charge is 0.477 e. The molecule has 35 heavy (non-hydrogen) atoms. The van der Waals surface area contributed by atoms with Gasteiger partial charge in [-0.3, -0.25) is 14.5 Å². The van der Waals surface area contributed by atoms with Gasteiger partial charge in [0.15, 0.2) is 18.5 Å². The van der Waals surface area contributed by atoms with Gasteiger partial charge in [0.25, 0.3) is 11.8 Å². The summed E-state index contributed by atoms with van der Waals surface area (Å²) in [6, 6.07) is 5.85. The molecule has 0 bridgehead atoms. The first-order valence-electron chi connectivity index (χ1n) is 10.3. The number of carboxylic acids is 1. The van der Waals surface area contributed by atoms with Crippen molar-refractivity contribution in [3.63, 3.8) is 0 Å². The molecular formula is C21H19N6O7S+. The van der Waals surface area contributed by atoms with Crippen LogP contribution >= 0.6 is 11.8 Å². The van der Waals surface area contributed by atoms with E-state index in [4.69, 9.17) is 19.5 Å². The molecule has 14 heteroatoms. The van der Waals surface area contributed by atoms with Gasteiger partial charge in [-0.05, 0) is 12.1 Å². The molecule has 2 atom stereocenters. The molecule has 0 aromatic carbocycles. The molecule has 0 aliphatic carbocycles. The lowest BCUT2D eigenvalue weighted by molar-refractivity contribution is -0.669. The summed E-state index contributed by atoms with van der Waals surface area (Å²) < 4.78 is 12.1. The third-order valence-corrected chi connectivity index (χ3v) is 6.88. The van der Waals surface area contributed by atoms with Crippen LogP contribution in [-0.4, -0.2) is 62.9 Å². The van der Waals surface area contributed by atoms with E-state index in [0.717, 1.165) is 5.39 Å². The van der Waals surface area contributed by atoms with Crippen LogP contribution in [-0.2, 0) is 25.8 Å². The number of carbonyl (C=O) groups is 3. The molecule has 0 radical (unpaired) electrons. The van der Waals surface area contributed by atoms with Crippen LogP contribution in [0.1, 0.15) is 5.69 Å². The summed E-state index contributed by atoms with van der Waals surface area (Å²) in [6.45, 7) is 0.227. The predicted octanol–water partition coefficient (Wildman–Crippen LogP) is 0.0798. The first-order valence-corrected chi connectivity index (χ1v) is 11.3. The van der Waals surface area contributed by atoms with E-state index in [-0.39, 0.29) is 29.5 Å². The molecule has 3 aromatic rings. The zero-order chi connectivity index (χ0) is 24.7. The lowest BCUT2D eigenvalue weighted by Gasteiger charge is -2.49. The Labute approximate surface area is 201 Å². The highest BCUT2D eigenvalue weighted by molar-refractivity contribution is 8.00. The number of pyridine rings is 1. The Morgan fingerprint density at radius 3 is 3.00 bits per heavy atom. The van der Waals surface area contributed by atoms with Gasteiger partial charge in [-0.15, -0.1) is 11.8 Å². The van der Waals surface area contributed by atoms with Gasteiger partial charge in [0, 0.05) is 23.5 Å². The first kappa shape index (κ1) is 22.5. The molecule has 5 heterocycles. The van der Waals surface area contributed by atoms with Gasteiger partial charge in [0.2, 0.25) is 5.88 Å². The van der Waals surface area contributed by atoms with E-state index in [1.807, 2.05) is 18.2 Å². The van der Waals surface area contributed by atoms with Crippen LogP contribution in [0.25, 0.3) is 11.1 Å². The molecule has 4 N–H and O–H groups in total. The SMILES string of the molecule is CO/N=C(\C(=O)NC1C(=O)N2C(C(=O)O)=C(C[n+]3cccc4ccoc43)CS[C@H]12)c1cc(N)on1. The molecule has 2 amide bonds. The van der Waals surface area contributed by atoms with E-state index in [2.05, 4.69) is 15.6 Å². The van der Waals surface area contributed by atoms with Gasteiger partial charge >= 0.3 is 11.7 Å². The van der Waals surface area contributed by atoms with Crippen molar-refractivity contribution in [3.05, 3.63) is 53.7 Å². The maximum atomic E-state index is 13.0. The van der Waals surface area contributed by atoms with E-state index in [0.29, 0.717) is 17.0 Å². The normalized spacial score (nSPS) is 20.0. The fourth-order valence-electron chi connectivity index (χ4n) is 4.03. The molecule has 2 aliphatic heterocycles. The third-order valence-electron chi connectivity index (χ3n) is 5.54. The summed E-state index contributed by atoms with van der Waals surface area (Å²) in [4.78, 5) is 43.9. The number of fused-ring (bicyclic) bond motifs is 2. The van der Waals surface area contributed by atoms with Crippen molar-refractivity contribution in [2.75, 3.05) is 18.6 Å². The predicted molar refractivity (Wildman–Crippen MR) is 121 cm³/mol. The van der Waals surface area contributed by atoms with Crippen LogP contribution in [0.2, 0.25) is 0 Å². The number of nitrogen functional groups attached to an aromatic ring is 1.